The van der Waals surface area contributed by atoms with Crippen LogP contribution in [0, 0.1) is 6.92 Å². The van der Waals surface area contributed by atoms with E-state index in [-0.39, 0.29) is 0 Å². The number of halogens is 1. The fraction of sp³-hybridized carbons (Fsp3) is 0.538. The summed E-state index contributed by atoms with van der Waals surface area (Å²) >= 11 is 3.44. The molecule has 1 rings (SSSR count). The predicted octanol–water partition coefficient (Wildman–Crippen LogP) is 3.53. The van der Waals surface area contributed by atoms with Crippen LogP contribution in [0.1, 0.15) is 24.8 Å². The van der Waals surface area contributed by atoms with Gasteiger partial charge in [-0.25, -0.2) is 0 Å². The summed E-state index contributed by atoms with van der Waals surface area (Å²) in [5.41, 5.74) is 1.18. The zero-order chi connectivity index (χ0) is 11.8. The highest BCUT2D eigenvalue weighted by molar-refractivity contribution is 9.10. The van der Waals surface area contributed by atoms with Gasteiger partial charge in [-0.1, -0.05) is 15.9 Å². The molecule has 0 radical (unpaired) electrons. The molecule has 0 aliphatic rings. The van der Waals surface area contributed by atoms with Crippen LogP contribution in [0.2, 0.25) is 0 Å². The van der Waals surface area contributed by atoms with E-state index in [1.165, 1.54) is 18.4 Å². The molecule has 0 fully saturated rings. The predicted molar refractivity (Wildman–Crippen MR) is 72.2 cm³/mol. The maximum Gasteiger partial charge on any atom is 0.122 e. The Hall–Kier alpha value is -0.540. The molecule has 0 heterocycles. The van der Waals surface area contributed by atoms with Crippen LogP contribution in [0.4, 0.5) is 0 Å². The van der Waals surface area contributed by atoms with Gasteiger partial charge in [0.1, 0.15) is 5.75 Å². The van der Waals surface area contributed by atoms with Crippen molar-refractivity contribution in [2.24, 2.45) is 0 Å². The molecule has 90 valence electrons. The van der Waals surface area contributed by atoms with E-state index in [1.54, 1.807) is 0 Å². The molecular formula is C13H20BrNO. The van der Waals surface area contributed by atoms with Crippen molar-refractivity contribution in [3.63, 3.8) is 0 Å². The molecule has 0 saturated carbocycles. The Morgan fingerprint density at radius 2 is 2.06 bits per heavy atom. The zero-order valence-corrected chi connectivity index (χ0v) is 11.6. The van der Waals surface area contributed by atoms with Crippen LogP contribution in [-0.4, -0.2) is 20.2 Å². The van der Waals surface area contributed by atoms with Gasteiger partial charge < -0.3 is 10.1 Å². The third kappa shape index (κ3) is 4.99. The Kier molecular flexibility index (Phi) is 6.50. The summed E-state index contributed by atoms with van der Waals surface area (Å²) in [7, 11) is 1.99. The van der Waals surface area contributed by atoms with Crippen LogP contribution in [0.5, 0.6) is 5.75 Å². The number of hydrogen-bond acceptors (Lipinski definition) is 2. The van der Waals surface area contributed by atoms with Crippen molar-refractivity contribution in [3.05, 3.63) is 28.2 Å². The Bertz CT molecular complexity index is 315. The fourth-order valence-corrected chi connectivity index (χ4v) is 2.01. The highest BCUT2D eigenvalue weighted by Gasteiger charge is 1.99. The second-order valence-corrected chi connectivity index (χ2v) is 4.84. The minimum atomic E-state index is 0.812. The lowest BCUT2D eigenvalue weighted by Crippen LogP contribution is -2.08. The maximum atomic E-state index is 5.73. The lowest BCUT2D eigenvalue weighted by molar-refractivity contribution is 0.303. The van der Waals surface area contributed by atoms with E-state index >= 15 is 0 Å². The number of unbranched alkanes of at least 4 members (excludes halogenated alkanes) is 2. The van der Waals surface area contributed by atoms with E-state index in [2.05, 4.69) is 34.2 Å². The van der Waals surface area contributed by atoms with E-state index in [1.807, 2.05) is 19.2 Å². The summed E-state index contributed by atoms with van der Waals surface area (Å²) in [6.07, 6.45) is 3.56. The average Bonchev–Trinajstić information content (AvgIpc) is 2.26. The first-order chi connectivity index (χ1) is 7.74. The van der Waals surface area contributed by atoms with Crippen molar-refractivity contribution in [2.45, 2.75) is 26.2 Å². The first kappa shape index (κ1) is 13.5. The van der Waals surface area contributed by atoms with Crippen LogP contribution in [0.25, 0.3) is 0 Å². The summed E-state index contributed by atoms with van der Waals surface area (Å²) in [4.78, 5) is 0. The summed E-state index contributed by atoms with van der Waals surface area (Å²) in [5, 5.41) is 3.15. The Labute approximate surface area is 107 Å². The summed E-state index contributed by atoms with van der Waals surface area (Å²) in [6, 6.07) is 6.12. The smallest absolute Gasteiger partial charge is 0.122 e. The van der Waals surface area contributed by atoms with E-state index in [9.17, 15) is 0 Å². The molecule has 1 aromatic rings. The number of benzene rings is 1. The highest BCUT2D eigenvalue weighted by Crippen LogP contribution is 2.22. The van der Waals surface area contributed by atoms with Gasteiger partial charge in [0.2, 0.25) is 0 Å². The normalized spacial score (nSPS) is 10.4. The van der Waals surface area contributed by atoms with Gasteiger partial charge in [-0.3, -0.25) is 0 Å². The van der Waals surface area contributed by atoms with Crippen molar-refractivity contribution in [1.29, 1.82) is 0 Å². The molecule has 1 aromatic carbocycles. The molecule has 0 saturated heterocycles. The molecule has 0 aliphatic carbocycles. The largest absolute Gasteiger partial charge is 0.493 e. The third-order valence-electron chi connectivity index (χ3n) is 2.47. The summed E-state index contributed by atoms with van der Waals surface area (Å²) in [6.45, 7) is 3.98. The van der Waals surface area contributed by atoms with Crippen molar-refractivity contribution in [3.8, 4) is 5.75 Å². The standard InChI is InChI=1S/C13H20BrNO/c1-11-10-12(14)6-7-13(11)16-9-5-3-4-8-15-2/h6-7,10,15H,3-5,8-9H2,1-2H3. The number of ether oxygens (including phenoxy) is 1. The van der Waals surface area contributed by atoms with Gasteiger partial charge in [0, 0.05) is 4.47 Å². The van der Waals surface area contributed by atoms with Gasteiger partial charge in [-0.2, -0.15) is 0 Å². The van der Waals surface area contributed by atoms with E-state index in [4.69, 9.17) is 4.74 Å². The third-order valence-corrected chi connectivity index (χ3v) is 2.96. The van der Waals surface area contributed by atoms with Crippen LogP contribution < -0.4 is 10.1 Å². The maximum absolute atomic E-state index is 5.73. The number of nitrogens with one attached hydrogen (secondary N) is 1. The summed E-state index contributed by atoms with van der Waals surface area (Å²) in [5.74, 6) is 0.997. The van der Waals surface area contributed by atoms with Crippen LogP contribution in [0.15, 0.2) is 22.7 Å². The van der Waals surface area contributed by atoms with Crippen molar-refractivity contribution in [2.75, 3.05) is 20.2 Å². The quantitative estimate of drug-likeness (QED) is 0.774. The van der Waals surface area contributed by atoms with E-state index in [0.29, 0.717) is 0 Å². The van der Waals surface area contributed by atoms with Crippen molar-refractivity contribution in [1.82, 2.24) is 5.32 Å². The second kappa shape index (κ2) is 7.69. The van der Waals surface area contributed by atoms with Gasteiger partial charge in [-0.15, -0.1) is 0 Å². The molecule has 0 aromatic heterocycles. The SMILES string of the molecule is CNCCCCCOc1ccc(Br)cc1C. The molecule has 0 aliphatic heterocycles. The molecule has 0 spiro atoms. The average molecular weight is 286 g/mol. The second-order valence-electron chi connectivity index (χ2n) is 3.92. The van der Waals surface area contributed by atoms with Gasteiger partial charge in [-0.05, 0) is 63.5 Å². The fourth-order valence-electron chi connectivity index (χ4n) is 1.54. The molecule has 16 heavy (non-hydrogen) atoms. The lowest BCUT2D eigenvalue weighted by atomic mass is 10.2. The zero-order valence-electron chi connectivity index (χ0n) is 10.1. The molecule has 0 amide bonds. The Morgan fingerprint density at radius 3 is 2.75 bits per heavy atom. The number of hydrogen-bond donors (Lipinski definition) is 1. The Morgan fingerprint density at radius 1 is 1.25 bits per heavy atom. The van der Waals surface area contributed by atoms with Gasteiger partial charge >= 0.3 is 0 Å². The first-order valence-electron chi connectivity index (χ1n) is 5.77. The topological polar surface area (TPSA) is 21.3 Å². The van der Waals surface area contributed by atoms with Crippen LogP contribution in [0.3, 0.4) is 0 Å². The van der Waals surface area contributed by atoms with Crippen molar-refractivity contribution < 1.29 is 4.74 Å². The van der Waals surface area contributed by atoms with Gasteiger partial charge in [0.25, 0.3) is 0 Å². The Balaban J connectivity index is 2.21. The minimum absolute atomic E-state index is 0.812. The summed E-state index contributed by atoms with van der Waals surface area (Å²) < 4.78 is 6.83. The molecule has 0 atom stereocenters. The molecule has 1 N–H and O–H groups in total. The molecule has 2 nitrogen and oxygen atoms in total. The molecule has 0 bridgehead atoms. The molecule has 0 unspecified atom stereocenters. The first-order valence-corrected chi connectivity index (χ1v) is 6.57. The van der Waals surface area contributed by atoms with Gasteiger partial charge in [0.05, 0.1) is 6.61 Å². The number of rotatable bonds is 7. The van der Waals surface area contributed by atoms with Crippen LogP contribution >= 0.6 is 15.9 Å². The van der Waals surface area contributed by atoms with E-state index < -0.39 is 0 Å². The minimum Gasteiger partial charge on any atom is -0.493 e. The van der Waals surface area contributed by atoms with Crippen molar-refractivity contribution >= 4 is 15.9 Å². The number of aryl methyl sites for hydroxylation is 1. The van der Waals surface area contributed by atoms with Crippen LogP contribution in [-0.2, 0) is 0 Å². The van der Waals surface area contributed by atoms with Gasteiger partial charge in [0.15, 0.2) is 0 Å². The monoisotopic (exact) mass is 285 g/mol. The highest BCUT2D eigenvalue weighted by atomic mass is 79.9. The van der Waals surface area contributed by atoms with E-state index in [0.717, 1.165) is 29.8 Å². The molecular weight excluding hydrogens is 266 g/mol. The molecule has 3 heteroatoms. The lowest BCUT2D eigenvalue weighted by Gasteiger charge is -2.09.